The molecule has 12 rings (SSSR count). The lowest BCUT2D eigenvalue weighted by molar-refractivity contribution is -0.275. The monoisotopic (exact) mass is 1300 g/mol. The number of nitrogens with zero attached hydrogens (tertiary/aromatic N) is 4. The molecular weight excluding hydrogens is 1250 g/mol. The number of halogens is 11. The molecule has 28 heteroatoms. The van der Waals surface area contributed by atoms with Gasteiger partial charge in [0.2, 0.25) is 0 Å². The highest BCUT2D eigenvalue weighted by Crippen LogP contribution is 2.51. The van der Waals surface area contributed by atoms with Crippen molar-refractivity contribution in [3.63, 3.8) is 0 Å². The smallest absolute Gasteiger partial charge is 0.477 e. The lowest BCUT2D eigenvalue weighted by Gasteiger charge is -2.30. The number of hydrogen-bond acceptors (Lipinski definition) is 11. The number of nitrogens with one attached hydrogen (secondary N) is 1. The quantitative estimate of drug-likeness (QED) is 0.0526. The highest BCUT2D eigenvalue weighted by Gasteiger charge is 2.63. The van der Waals surface area contributed by atoms with Gasteiger partial charge in [0.15, 0.2) is 5.60 Å². The predicted molar refractivity (Wildman–Crippen MR) is 320 cm³/mol. The molecule has 446 valence electrons. The summed E-state index contributed by atoms with van der Waals surface area (Å²) < 4.78 is 86.1. The van der Waals surface area contributed by atoms with Crippen LogP contribution in [0.5, 0.6) is 0 Å². The van der Waals surface area contributed by atoms with E-state index in [0.717, 1.165) is 28.8 Å². The van der Waals surface area contributed by atoms with Crippen LogP contribution in [-0.2, 0) is 54.5 Å². The van der Waals surface area contributed by atoms with E-state index in [9.17, 15) is 46.7 Å². The summed E-state index contributed by atoms with van der Waals surface area (Å²) in [5.74, 6) is -2.46. The first-order valence-electron chi connectivity index (χ1n) is 26.0. The van der Waals surface area contributed by atoms with E-state index in [4.69, 9.17) is 94.3 Å². The molecule has 15 nitrogen and oxygen atoms in total. The fraction of sp³-hybridized carbons (Fsp3) is 0.241. The second-order valence-electron chi connectivity index (χ2n) is 21.7. The van der Waals surface area contributed by atoms with Gasteiger partial charge in [-0.2, -0.15) is 13.2 Å². The number of carbonyl (C=O) groups is 2. The fourth-order valence-corrected chi connectivity index (χ4v) is 12.2. The molecule has 0 spiro atoms. The second kappa shape index (κ2) is 23.3. The molecular formula is C58H47B2Cl6F5N6O9. The maximum absolute atomic E-state index is 14.9. The summed E-state index contributed by atoms with van der Waals surface area (Å²) in [6.07, 6.45) is -1.87. The number of fused-ring (bicyclic) bond motifs is 4. The number of carboxylic acid groups (broad SMARTS) is 1. The molecule has 0 fully saturated rings. The summed E-state index contributed by atoms with van der Waals surface area (Å²) >= 11 is 36.4. The number of alkyl halides is 3. The van der Waals surface area contributed by atoms with E-state index in [2.05, 4.69) is 15.6 Å². The van der Waals surface area contributed by atoms with Crippen LogP contribution in [0.3, 0.4) is 0 Å². The van der Waals surface area contributed by atoms with E-state index in [1.807, 2.05) is 13.0 Å². The van der Waals surface area contributed by atoms with Crippen LogP contribution in [-0.4, -0.2) is 67.7 Å². The van der Waals surface area contributed by atoms with Gasteiger partial charge in [-0.05, 0) is 142 Å². The Labute approximate surface area is 518 Å². The van der Waals surface area contributed by atoms with Gasteiger partial charge >= 0.3 is 26.4 Å². The number of oxime groups is 2. The maximum Gasteiger partial charge on any atom is 0.492 e. The lowest BCUT2D eigenvalue weighted by atomic mass is 9.77. The Kier molecular flexibility index (Phi) is 17.0. The minimum absolute atomic E-state index is 0.0162. The average Bonchev–Trinajstić information content (AvgIpc) is 2.11. The van der Waals surface area contributed by atoms with Crippen molar-refractivity contribution in [3.05, 3.63) is 207 Å². The minimum Gasteiger partial charge on any atom is -0.477 e. The number of rotatable bonds is 9. The third kappa shape index (κ3) is 11.4. The summed E-state index contributed by atoms with van der Waals surface area (Å²) in [6.45, 7) is 8.82. The Morgan fingerprint density at radius 3 is 1.60 bits per heavy atom. The van der Waals surface area contributed by atoms with E-state index in [1.165, 1.54) is 28.7 Å². The molecule has 8 aromatic rings. The van der Waals surface area contributed by atoms with Gasteiger partial charge in [-0.1, -0.05) is 92.0 Å². The van der Waals surface area contributed by atoms with Gasteiger partial charge in [0, 0.05) is 65.3 Å². The number of carbonyl (C=O) groups excluding carboxylic acids is 1. The standard InChI is InChI=1S/C29H21BCl3F4N3O4.C19H13Cl3N2O3.C10H13BFNO2/c1-27(2)24-17(30(42)43-27)8-14(9-20(24)34)13-38-26(41)23-6-5-16(22-4-3-7-40(22)23)21-12-28(44-39-21,29(35,36)37)15-10-18(31)25(33)19(32)11-15;1-19(10-7-12(20)17(22)13(21)8-10)9-14(23-27-19)11-4-5-16(18(25)26)24-6-2-3-15(11)24;1-10(2)9-7(11(14)15-10)3-6(5-13)4-8(9)12/h3-11,42H,12-13H2,1-2H3,(H,38,41);2-8H,9H2,1H3,(H,25,26);3-4,14H,5,13H2,1-2H3. The zero-order valence-corrected chi connectivity index (χ0v) is 50.2. The van der Waals surface area contributed by atoms with Crippen molar-refractivity contribution in [2.24, 2.45) is 16.0 Å². The van der Waals surface area contributed by atoms with Gasteiger partial charge in [0.25, 0.3) is 11.5 Å². The predicted octanol–water partition coefficient (Wildman–Crippen LogP) is 12.4. The van der Waals surface area contributed by atoms with Crippen LogP contribution in [0.2, 0.25) is 30.1 Å². The van der Waals surface area contributed by atoms with E-state index in [-0.39, 0.29) is 67.7 Å². The topological polar surface area (TPSA) is 203 Å². The molecule has 4 aliphatic heterocycles. The lowest BCUT2D eigenvalue weighted by Crippen LogP contribution is -2.42. The Bertz CT molecular complexity index is 4120. The SMILES string of the molecule is CC1(C)OB(O)c2cc(CN)cc(F)c21.CC1(C)OB(O)c2cc(CNC(=O)c3ccc(C4=NOC(c5cc(Cl)c(Cl)c(Cl)c5)(C(F)(F)F)C4)c4cccn34)cc(F)c21.CC1(c2cc(Cl)c(Cl)c(Cl)c2)CC(c2ccc(C(=O)O)n3cccc23)=NO1. The number of nitrogens with two attached hydrogens (primary N) is 1. The van der Waals surface area contributed by atoms with Gasteiger partial charge in [-0.25, -0.2) is 13.6 Å². The molecule has 0 aliphatic carbocycles. The number of aromatic carboxylic acids is 1. The van der Waals surface area contributed by atoms with Crippen molar-refractivity contribution in [3.8, 4) is 0 Å². The summed E-state index contributed by atoms with van der Waals surface area (Å²) in [7, 11) is -2.36. The second-order valence-corrected chi connectivity index (χ2v) is 24.1. The van der Waals surface area contributed by atoms with E-state index < -0.39 is 66.9 Å². The van der Waals surface area contributed by atoms with Crippen LogP contribution in [0.25, 0.3) is 11.0 Å². The first kappa shape index (κ1) is 62.6. The van der Waals surface area contributed by atoms with Crippen molar-refractivity contribution in [2.75, 3.05) is 0 Å². The number of aromatic nitrogens is 2. The molecule has 0 saturated heterocycles. The van der Waals surface area contributed by atoms with E-state index in [0.29, 0.717) is 60.4 Å². The number of carboxylic acids is 1. The first-order chi connectivity index (χ1) is 40.4. The molecule has 4 aliphatic rings. The summed E-state index contributed by atoms with van der Waals surface area (Å²) in [6, 6.07) is 24.5. The number of benzene rings is 4. The van der Waals surface area contributed by atoms with Crippen LogP contribution in [0, 0.1) is 11.6 Å². The zero-order chi connectivity index (χ0) is 62.3. The molecule has 0 radical (unpaired) electrons. The van der Waals surface area contributed by atoms with Crippen LogP contribution in [0.4, 0.5) is 22.0 Å². The molecule has 0 bridgehead atoms. The molecule has 0 saturated carbocycles. The first-order valence-corrected chi connectivity index (χ1v) is 28.3. The molecule has 8 heterocycles. The molecule has 1 amide bonds. The molecule has 86 heavy (non-hydrogen) atoms. The Morgan fingerprint density at radius 1 is 0.651 bits per heavy atom. The zero-order valence-electron chi connectivity index (χ0n) is 45.7. The van der Waals surface area contributed by atoms with Gasteiger partial charge in [-0.3, -0.25) is 4.79 Å². The van der Waals surface area contributed by atoms with Crippen molar-refractivity contribution in [2.45, 2.75) is 89.1 Å². The molecule has 2 atom stereocenters. The average molecular weight is 1300 g/mol. The number of hydrogen-bond donors (Lipinski definition) is 5. The normalized spacial score (nSPS) is 19.0. The van der Waals surface area contributed by atoms with E-state index >= 15 is 0 Å². The van der Waals surface area contributed by atoms with E-state index in [1.54, 1.807) is 99.1 Å². The summed E-state index contributed by atoms with van der Waals surface area (Å²) in [5.41, 5.74) is 6.20. The van der Waals surface area contributed by atoms with Crippen molar-refractivity contribution < 1.29 is 65.7 Å². The van der Waals surface area contributed by atoms with Crippen LogP contribution < -0.4 is 22.0 Å². The van der Waals surface area contributed by atoms with Gasteiger partial charge in [0.1, 0.15) is 23.0 Å². The molecule has 4 aromatic carbocycles. The van der Waals surface area contributed by atoms with Crippen LogP contribution >= 0.6 is 69.6 Å². The van der Waals surface area contributed by atoms with Crippen LogP contribution in [0.15, 0.2) is 120 Å². The minimum atomic E-state index is -4.91. The third-order valence-electron chi connectivity index (χ3n) is 15.1. The van der Waals surface area contributed by atoms with Crippen molar-refractivity contribution in [1.82, 2.24) is 14.1 Å². The summed E-state index contributed by atoms with van der Waals surface area (Å²) in [5, 5.41) is 40.6. The Balaban J connectivity index is 0.000000164. The van der Waals surface area contributed by atoms with Crippen molar-refractivity contribution >= 4 is 129 Å². The fourth-order valence-electron chi connectivity index (χ4n) is 11.0. The summed E-state index contributed by atoms with van der Waals surface area (Å²) in [4.78, 5) is 35.5. The van der Waals surface area contributed by atoms with Gasteiger partial charge in [-0.15, -0.1) is 0 Å². The Hall–Kier alpha value is -6.40. The number of pyridine rings is 2. The maximum atomic E-state index is 14.9. The highest BCUT2D eigenvalue weighted by molar-refractivity contribution is 6.62. The van der Waals surface area contributed by atoms with Crippen molar-refractivity contribution in [1.29, 1.82) is 0 Å². The largest absolute Gasteiger partial charge is 0.492 e. The van der Waals surface area contributed by atoms with Crippen LogP contribution in [0.1, 0.15) is 113 Å². The third-order valence-corrected chi connectivity index (χ3v) is 17.5. The highest BCUT2D eigenvalue weighted by atomic mass is 35.5. The molecule has 2 unspecified atom stereocenters. The molecule has 4 aromatic heterocycles. The van der Waals surface area contributed by atoms with Gasteiger partial charge in [0.05, 0.1) is 70.2 Å². The Morgan fingerprint density at radius 2 is 1.10 bits per heavy atom. The van der Waals surface area contributed by atoms with Gasteiger partial charge < -0.3 is 54.0 Å². The molecule has 6 N–H and O–H groups in total. The number of amides is 1.